The van der Waals surface area contributed by atoms with Gasteiger partial charge in [-0.25, -0.2) is 0 Å². The van der Waals surface area contributed by atoms with Crippen molar-refractivity contribution in [3.8, 4) is 5.75 Å². The predicted octanol–water partition coefficient (Wildman–Crippen LogP) is 3.02. The maximum absolute atomic E-state index is 13.2. The lowest BCUT2D eigenvalue weighted by Gasteiger charge is -2.17. The van der Waals surface area contributed by atoms with Crippen LogP contribution in [0.4, 0.5) is 11.4 Å². The van der Waals surface area contributed by atoms with Gasteiger partial charge in [0.25, 0.3) is 5.69 Å². The number of nitrogens with one attached hydrogen (secondary N) is 1. The molecule has 0 atom stereocenters. The Morgan fingerprint density at radius 3 is 2.21 bits per heavy atom. The number of ether oxygens (including phenoxy) is 1. The number of thiocarbonyl (C=S) groups is 1. The lowest BCUT2D eigenvalue weighted by atomic mass is 10.1. The average molecular weight is 407 g/mol. The minimum atomic E-state index is -0.513. The molecule has 1 aromatic heterocycles. The molecular weight excluding hydrogens is 390 g/mol. The topological polar surface area (TPSA) is 91.3 Å². The fourth-order valence-corrected chi connectivity index (χ4v) is 2.94. The van der Waals surface area contributed by atoms with Gasteiger partial charge in [-0.3, -0.25) is 10.1 Å². The third kappa shape index (κ3) is 4.74. The number of anilines is 1. The van der Waals surface area contributed by atoms with Gasteiger partial charge in [-0.1, -0.05) is 18.3 Å². The summed E-state index contributed by atoms with van der Waals surface area (Å²) in [7, 11) is 1.58. The SMILES string of the molecule is COc1ccc(NC(=S)/C(=C(\[O-])c2ccc([N+](=O)[O-])cc2)[n+]2ccccc2)cc1. The van der Waals surface area contributed by atoms with Crippen molar-refractivity contribution in [2.75, 3.05) is 12.4 Å². The number of pyridine rings is 1. The molecule has 29 heavy (non-hydrogen) atoms. The first-order valence-corrected chi connectivity index (χ1v) is 8.98. The highest BCUT2D eigenvalue weighted by atomic mass is 32.1. The fourth-order valence-electron chi connectivity index (χ4n) is 2.62. The van der Waals surface area contributed by atoms with Crippen molar-refractivity contribution in [3.05, 3.63) is 94.8 Å². The van der Waals surface area contributed by atoms with Gasteiger partial charge in [0, 0.05) is 30.0 Å². The van der Waals surface area contributed by atoms with Gasteiger partial charge < -0.3 is 15.2 Å². The molecule has 0 aliphatic rings. The number of benzene rings is 2. The Hall–Kier alpha value is -3.78. The summed E-state index contributed by atoms with van der Waals surface area (Å²) < 4.78 is 6.76. The molecule has 7 nitrogen and oxygen atoms in total. The van der Waals surface area contributed by atoms with Gasteiger partial charge in [0.05, 0.1) is 12.0 Å². The highest BCUT2D eigenvalue weighted by molar-refractivity contribution is 7.81. The molecule has 0 spiro atoms. The molecule has 1 heterocycles. The monoisotopic (exact) mass is 407 g/mol. The van der Waals surface area contributed by atoms with Crippen molar-refractivity contribution < 1.29 is 19.3 Å². The molecule has 0 fully saturated rings. The van der Waals surface area contributed by atoms with Crippen LogP contribution in [0.15, 0.2) is 79.1 Å². The smallest absolute Gasteiger partial charge is 0.269 e. The maximum atomic E-state index is 13.2. The first-order chi connectivity index (χ1) is 14.0. The lowest BCUT2D eigenvalue weighted by molar-refractivity contribution is -0.577. The molecule has 0 radical (unpaired) electrons. The van der Waals surface area contributed by atoms with Crippen LogP contribution in [-0.2, 0) is 0 Å². The van der Waals surface area contributed by atoms with E-state index in [1.807, 2.05) is 6.07 Å². The molecule has 8 heteroatoms. The largest absolute Gasteiger partial charge is 0.867 e. The van der Waals surface area contributed by atoms with E-state index < -0.39 is 4.92 Å². The van der Waals surface area contributed by atoms with Crippen LogP contribution in [0.5, 0.6) is 5.75 Å². The third-order valence-corrected chi connectivity index (χ3v) is 4.39. The predicted molar refractivity (Wildman–Crippen MR) is 112 cm³/mol. The Morgan fingerprint density at radius 2 is 1.66 bits per heavy atom. The Balaban J connectivity index is 2.00. The second-order valence-electron chi connectivity index (χ2n) is 5.95. The summed E-state index contributed by atoms with van der Waals surface area (Å²) in [4.78, 5) is 10.6. The minimum absolute atomic E-state index is 0.0885. The molecule has 0 aliphatic carbocycles. The normalized spacial score (nSPS) is 11.3. The zero-order chi connectivity index (χ0) is 20.8. The van der Waals surface area contributed by atoms with Gasteiger partial charge in [-0.2, -0.15) is 4.57 Å². The van der Waals surface area contributed by atoms with E-state index in [0.717, 1.165) is 0 Å². The molecule has 0 bridgehead atoms. The first kappa shape index (κ1) is 20.0. The summed E-state index contributed by atoms with van der Waals surface area (Å²) in [5.74, 6) is 0.340. The van der Waals surface area contributed by atoms with E-state index in [1.165, 1.54) is 24.3 Å². The van der Waals surface area contributed by atoms with Crippen molar-refractivity contribution in [3.63, 3.8) is 0 Å². The lowest BCUT2D eigenvalue weighted by Crippen LogP contribution is -2.39. The van der Waals surface area contributed by atoms with Crippen molar-refractivity contribution >= 4 is 40.0 Å². The molecule has 0 saturated carbocycles. The molecule has 146 valence electrons. The average Bonchev–Trinajstić information content (AvgIpc) is 2.75. The number of nitro groups is 1. The number of non-ortho nitro benzene ring substituents is 1. The Morgan fingerprint density at radius 1 is 1.03 bits per heavy atom. The number of rotatable bonds is 6. The molecular formula is C21H17N3O4S. The van der Waals surface area contributed by atoms with Gasteiger partial charge in [-0.05, 0) is 47.7 Å². The summed E-state index contributed by atoms with van der Waals surface area (Å²) in [5.41, 5.74) is 1.13. The van der Waals surface area contributed by atoms with E-state index in [0.29, 0.717) is 17.0 Å². The molecule has 1 N–H and O–H groups in total. The summed E-state index contributed by atoms with van der Waals surface area (Å²) in [5, 5.41) is 27.1. The van der Waals surface area contributed by atoms with E-state index in [9.17, 15) is 15.2 Å². The van der Waals surface area contributed by atoms with Gasteiger partial charge in [0.15, 0.2) is 17.4 Å². The quantitative estimate of drug-likeness (QED) is 0.169. The summed E-state index contributed by atoms with van der Waals surface area (Å²) >= 11 is 5.51. The van der Waals surface area contributed by atoms with Gasteiger partial charge >= 0.3 is 0 Å². The first-order valence-electron chi connectivity index (χ1n) is 8.58. The number of aromatic nitrogens is 1. The highest BCUT2D eigenvalue weighted by Crippen LogP contribution is 2.21. The minimum Gasteiger partial charge on any atom is -0.867 e. The van der Waals surface area contributed by atoms with E-state index in [4.69, 9.17) is 17.0 Å². The number of nitrogens with zero attached hydrogens (tertiary/aromatic N) is 2. The van der Waals surface area contributed by atoms with Crippen LogP contribution in [0, 0.1) is 10.1 Å². The second-order valence-corrected chi connectivity index (χ2v) is 6.36. The Labute approximate surface area is 172 Å². The summed E-state index contributed by atoms with van der Waals surface area (Å²) in [6, 6.07) is 17.9. The van der Waals surface area contributed by atoms with Crippen LogP contribution in [0.3, 0.4) is 0 Å². The Bertz CT molecular complexity index is 1050. The van der Waals surface area contributed by atoms with Crippen LogP contribution in [0.2, 0.25) is 0 Å². The zero-order valence-corrected chi connectivity index (χ0v) is 16.3. The van der Waals surface area contributed by atoms with E-state index in [-0.39, 0.29) is 22.1 Å². The molecule has 0 aliphatic heterocycles. The van der Waals surface area contributed by atoms with Crippen molar-refractivity contribution in [1.29, 1.82) is 0 Å². The van der Waals surface area contributed by atoms with Gasteiger partial charge in [0.1, 0.15) is 5.75 Å². The fraction of sp³-hybridized carbons (Fsp3) is 0.0476. The van der Waals surface area contributed by atoms with Crippen molar-refractivity contribution in [2.45, 2.75) is 0 Å². The van der Waals surface area contributed by atoms with Gasteiger partial charge in [0.2, 0.25) is 5.70 Å². The van der Waals surface area contributed by atoms with Crippen LogP contribution < -0.4 is 19.7 Å². The van der Waals surface area contributed by atoms with Crippen molar-refractivity contribution in [2.24, 2.45) is 0 Å². The highest BCUT2D eigenvalue weighted by Gasteiger charge is 2.19. The van der Waals surface area contributed by atoms with Crippen LogP contribution >= 0.6 is 12.2 Å². The number of methoxy groups -OCH3 is 1. The van der Waals surface area contributed by atoms with Gasteiger partial charge in [-0.15, -0.1) is 0 Å². The molecule has 0 unspecified atom stereocenters. The van der Waals surface area contributed by atoms with E-state index in [2.05, 4.69) is 5.32 Å². The summed E-state index contributed by atoms with van der Waals surface area (Å²) in [6.45, 7) is 0. The third-order valence-electron chi connectivity index (χ3n) is 4.09. The molecule has 3 rings (SSSR count). The maximum Gasteiger partial charge on any atom is 0.269 e. The van der Waals surface area contributed by atoms with Crippen molar-refractivity contribution in [1.82, 2.24) is 0 Å². The molecule has 2 aromatic carbocycles. The number of hydrogen-bond donors (Lipinski definition) is 1. The second kappa shape index (κ2) is 8.94. The molecule has 0 amide bonds. The van der Waals surface area contributed by atoms with Crippen LogP contribution in [0.1, 0.15) is 5.56 Å². The molecule has 0 saturated heterocycles. The van der Waals surface area contributed by atoms with Crippen LogP contribution in [0.25, 0.3) is 11.5 Å². The van der Waals surface area contributed by atoms with Crippen LogP contribution in [-0.4, -0.2) is 17.0 Å². The molecule has 3 aromatic rings. The number of hydrogen-bond acceptors (Lipinski definition) is 5. The standard InChI is InChI=1S/C21H17N3O4S/c1-28-18-11-7-16(8-12-18)22-21(29)19(23-13-3-2-4-14-23)20(25)15-5-9-17(10-6-15)24(26)27/h2-14H,1H3,(H-,22,25,29). The van der Waals surface area contributed by atoms with E-state index in [1.54, 1.807) is 60.5 Å². The number of nitro benzene ring substituents is 1. The summed E-state index contributed by atoms with van der Waals surface area (Å²) in [6.07, 6.45) is 3.42. The van der Waals surface area contributed by atoms with E-state index >= 15 is 0 Å². The zero-order valence-electron chi connectivity index (χ0n) is 15.4. The Kier molecular flexibility index (Phi) is 6.16.